The lowest BCUT2D eigenvalue weighted by atomic mass is 10.1. The molecule has 0 amide bonds. The standard InChI is InChI=1S/C8H17NO2/c1-6(10)8-4-7(11-3)5-9(8)2/h6-8,10H,4-5H2,1-3H3/t6-,7-,8-/m0/s1. The van der Waals surface area contributed by atoms with Crippen LogP contribution < -0.4 is 0 Å². The Bertz CT molecular complexity index is 127. The van der Waals surface area contributed by atoms with Crippen molar-refractivity contribution in [2.75, 3.05) is 20.7 Å². The highest BCUT2D eigenvalue weighted by atomic mass is 16.5. The van der Waals surface area contributed by atoms with Gasteiger partial charge in [-0.05, 0) is 20.4 Å². The third kappa shape index (κ3) is 1.92. The number of hydrogen-bond donors (Lipinski definition) is 1. The molecule has 66 valence electrons. The number of aliphatic hydroxyl groups is 1. The summed E-state index contributed by atoms with van der Waals surface area (Å²) in [6, 6.07) is 0.278. The van der Waals surface area contributed by atoms with Crippen LogP contribution in [0.1, 0.15) is 13.3 Å². The number of hydrogen-bond acceptors (Lipinski definition) is 3. The second kappa shape index (κ2) is 3.52. The van der Waals surface area contributed by atoms with Crippen molar-refractivity contribution >= 4 is 0 Å². The first-order valence-electron chi connectivity index (χ1n) is 4.06. The molecule has 0 spiro atoms. The molecule has 1 saturated heterocycles. The number of aliphatic hydroxyl groups excluding tert-OH is 1. The summed E-state index contributed by atoms with van der Waals surface area (Å²) in [4.78, 5) is 2.15. The molecule has 3 atom stereocenters. The number of nitrogens with zero attached hydrogens (tertiary/aromatic N) is 1. The fraction of sp³-hybridized carbons (Fsp3) is 1.00. The number of ether oxygens (including phenoxy) is 1. The van der Waals surface area contributed by atoms with Crippen LogP contribution in [0.15, 0.2) is 0 Å². The predicted molar refractivity (Wildman–Crippen MR) is 43.5 cm³/mol. The maximum atomic E-state index is 9.34. The van der Waals surface area contributed by atoms with Crippen molar-refractivity contribution in [1.29, 1.82) is 0 Å². The maximum Gasteiger partial charge on any atom is 0.0714 e. The summed E-state index contributed by atoms with van der Waals surface area (Å²) in [5.41, 5.74) is 0. The lowest BCUT2D eigenvalue weighted by molar-refractivity contribution is 0.0979. The van der Waals surface area contributed by atoms with E-state index in [0.29, 0.717) is 6.10 Å². The average molecular weight is 159 g/mol. The molecule has 0 aromatic rings. The van der Waals surface area contributed by atoms with E-state index in [1.165, 1.54) is 0 Å². The highest BCUT2D eigenvalue weighted by Gasteiger charge is 2.31. The molecule has 3 heteroatoms. The number of likely N-dealkylation sites (tertiary alicyclic amines) is 1. The van der Waals surface area contributed by atoms with E-state index in [1.54, 1.807) is 7.11 Å². The minimum Gasteiger partial charge on any atom is -0.392 e. The molecule has 1 rings (SSSR count). The van der Waals surface area contributed by atoms with E-state index in [1.807, 2.05) is 14.0 Å². The van der Waals surface area contributed by atoms with Gasteiger partial charge in [0.15, 0.2) is 0 Å². The van der Waals surface area contributed by atoms with Crippen LogP contribution >= 0.6 is 0 Å². The van der Waals surface area contributed by atoms with Crippen molar-refractivity contribution in [3.05, 3.63) is 0 Å². The molecule has 0 unspecified atom stereocenters. The first-order valence-corrected chi connectivity index (χ1v) is 4.06. The molecule has 1 N–H and O–H groups in total. The van der Waals surface area contributed by atoms with E-state index in [-0.39, 0.29) is 12.1 Å². The van der Waals surface area contributed by atoms with Crippen molar-refractivity contribution in [2.24, 2.45) is 0 Å². The van der Waals surface area contributed by atoms with Gasteiger partial charge in [-0.1, -0.05) is 0 Å². The van der Waals surface area contributed by atoms with E-state index in [9.17, 15) is 5.11 Å². The van der Waals surface area contributed by atoms with Gasteiger partial charge in [0.25, 0.3) is 0 Å². The summed E-state index contributed by atoms with van der Waals surface area (Å²) < 4.78 is 5.21. The van der Waals surface area contributed by atoms with Crippen LogP contribution in [0.25, 0.3) is 0 Å². The fourth-order valence-electron chi connectivity index (χ4n) is 1.72. The Labute approximate surface area is 68.0 Å². The largest absolute Gasteiger partial charge is 0.392 e. The summed E-state index contributed by atoms with van der Waals surface area (Å²) in [5.74, 6) is 0. The van der Waals surface area contributed by atoms with Crippen molar-refractivity contribution < 1.29 is 9.84 Å². The van der Waals surface area contributed by atoms with Crippen molar-refractivity contribution in [1.82, 2.24) is 4.90 Å². The first-order chi connectivity index (χ1) is 5.15. The van der Waals surface area contributed by atoms with Gasteiger partial charge in [0, 0.05) is 19.7 Å². The van der Waals surface area contributed by atoms with Crippen LogP contribution in [0.2, 0.25) is 0 Å². The molecular formula is C8H17NO2. The van der Waals surface area contributed by atoms with E-state index in [0.717, 1.165) is 13.0 Å². The van der Waals surface area contributed by atoms with Crippen LogP contribution in [0.3, 0.4) is 0 Å². The quantitative estimate of drug-likeness (QED) is 0.619. The highest BCUT2D eigenvalue weighted by Crippen LogP contribution is 2.20. The summed E-state index contributed by atoms with van der Waals surface area (Å²) >= 11 is 0. The average Bonchev–Trinajstić information content (AvgIpc) is 2.30. The summed E-state index contributed by atoms with van der Waals surface area (Å²) in [7, 11) is 3.75. The first kappa shape index (κ1) is 8.97. The molecule has 0 aromatic carbocycles. The monoisotopic (exact) mass is 159 g/mol. The van der Waals surface area contributed by atoms with E-state index < -0.39 is 0 Å². The lowest BCUT2D eigenvalue weighted by Crippen LogP contribution is -2.34. The van der Waals surface area contributed by atoms with Gasteiger partial charge in [0.05, 0.1) is 12.2 Å². The number of rotatable bonds is 2. The van der Waals surface area contributed by atoms with Gasteiger partial charge in [-0.2, -0.15) is 0 Å². The SMILES string of the molecule is CO[C@H]1C[C@@H]([C@H](C)O)N(C)C1. The molecule has 1 heterocycles. The van der Waals surface area contributed by atoms with Gasteiger partial charge >= 0.3 is 0 Å². The molecule has 3 nitrogen and oxygen atoms in total. The zero-order valence-corrected chi connectivity index (χ0v) is 7.45. The Hall–Kier alpha value is -0.120. The molecular weight excluding hydrogens is 142 g/mol. The summed E-state index contributed by atoms with van der Waals surface area (Å²) in [6.45, 7) is 2.77. The minimum atomic E-state index is -0.250. The second-order valence-electron chi connectivity index (χ2n) is 3.34. The molecule has 0 aromatic heterocycles. The Kier molecular flexibility index (Phi) is 2.87. The maximum absolute atomic E-state index is 9.34. The van der Waals surface area contributed by atoms with Gasteiger partial charge in [0.2, 0.25) is 0 Å². The number of methoxy groups -OCH3 is 1. The molecule has 1 fully saturated rings. The third-order valence-electron chi connectivity index (χ3n) is 2.45. The van der Waals surface area contributed by atoms with E-state index in [2.05, 4.69) is 4.90 Å². The zero-order chi connectivity index (χ0) is 8.43. The van der Waals surface area contributed by atoms with Gasteiger partial charge in [-0.3, -0.25) is 4.90 Å². The molecule has 1 aliphatic rings. The normalized spacial score (nSPS) is 36.0. The lowest BCUT2D eigenvalue weighted by Gasteiger charge is -2.21. The molecule has 0 radical (unpaired) electrons. The molecule has 0 aliphatic carbocycles. The van der Waals surface area contributed by atoms with Gasteiger partial charge in [-0.15, -0.1) is 0 Å². The minimum absolute atomic E-state index is 0.250. The Morgan fingerprint density at radius 3 is 2.55 bits per heavy atom. The Morgan fingerprint density at radius 1 is 1.64 bits per heavy atom. The number of likely N-dealkylation sites (N-methyl/N-ethyl adjacent to an activating group) is 1. The third-order valence-corrected chi connectivity index (χ3v) is 2.45. The predicted octanol–water partition coefficient (Wildman–Crippen LogP) is 0.0863. The van der Waals surface area contributed by atoms with Crippen molar-refractivity contribution in [2.45, 2.75) is 31.6 Å². The van der Waals surface area contributed by atoms with Crippen molar-refractivity contribution in [3.63, 3.8) is 0 Å². The zero-order valence-electron chi connectivity index (χ0n) is 7.45. The van der Waals surface area contributed by atoms with Crippen LogP contribution in [0.4, 0.5) is 0 Å². The topological polar surface area (TPSA) is 32.7 Å². The Morgan fingerprint density at radius 2 is 2.27 bits per heavy atom. The molecule has 0 saturated carbocycles. The van der Waals surface area contributed by atoms with Crippen LogP contribution in [-0.4, -0.2) is 49.0 Å². The molecule has 1 aliphatic heterocycles. The van der Waals surface area contributed by atoms with E-state index in [4.69, 9.17) is 4.74 Å². The molecule has 0 bridgehead atoms. The van der Waals surface area contributed by atoms with Gasteiger partial charge in [-0.25, -0.2) is 0 Å². The van der Waals surface area contributed by atoms with Crippen LogP contribution in [0.5, 0.6) is 0 Å². The summed E-state index contributed by atoms with van der Waals surface area (Å²) in [5, 5.41) is 9.34. The fourth-order valence-corrected chi connectivity index (χ4v) is 1.72. The van der Waals surface area contributed by atoms with Gasteiger partial charge in [0.1, 0.15) is 0 Å². The second-order valence-corrected chi connectivity index (χ2v) is 3.34. The molecule has 11 heavy (non-hydrogen) atoms. The Balaban J connectivity index is 2.45. The highest BCUT2D eigenvalue weighted by molar-refractivity contribution is 4.86. The van der Waals surface area contributed by atoms with Gasteiger partial charge < -0.3 is 9.84 Å². The summed E-state index contributed by atoms with van der Waals surface area (Å²) in [6.07, 6.45) is 1.00. The smallest absolute Gasteiger partial charge is 0.0714 e. The van der Waals surface area contributed by atoms with Crippen LogP contribution in [-0.2, 0) is 4.74 Å². The van der Waals surface area contributed by atoms with Crippen molar-refractivity contribution in [3.8, 4) is 0 Å². The van der Waals surface area contributed by atoms with Crippen LogP contribution in [0, 0.1) is 0 Å². The van der Waals surface area contributed by atoms with E-state index >= 15 is 0 Å².